The minimum absolute atomic E-state index is 0.338. The van der Waals surface area contributed by atoms with Gasteiger partial charge in [-0.05, 0) is 27.2 Å². The van der Waals surface area contributed by atoms with Crippen molar-refractivity contribution >= 4 is 5.82 Å². The van der Waals surface area contributed by atoms with E-state index in [2.05, 4.69) is 45.6 Å². The Morgan fingerprint density at radius 3 is 2.63 bits per heavy atom. The van der Waals surface area contributed by atoms with Gasteiger partial charge in [0.05, 0.1) is 12.5 Å². The number of rotatable bonds is 4. The van der Waals surface area contributed by atoms with E-state index in [4.69, 9.17) is 0 Å². The van der Waals surface area contributed by atoms with Gasteiger partial charge in [-0.1, -0.05) is 6.92 Å². The Balaban J connectivity index is 2.57. The van der Waals surface area contributed by atoms with Crippen LogP contribution in [-0.4, -0.2) is 26.6 Å². The van der Waals surface area contributed by atoms with Crippen LogP contribution in [0.15, 0.2) is 12.5 Å². The maximum Gasteiger partial charge on any atom is 0.180 e. The Bertz CT molecular complexity index is 571. The first-order valence-corrected chi connectivity index (χ1v) is 6.65. The molecule has 2 heterocycles. The van der Waals surface area contributed by atoms with Gasteiger partial charge in [0.25, 0.3) is 0 Å². The monoisotopic (exact) mass is 259 g/mol. The van der Waals surface area contributed by atoms with Gasteiger partial charge in [0.1, 0.15) is 11.5 Å². The maximum atomic E-state index is 4.63. The Hall–Kier alpha value is -1.91. The van der Waals surface area contributed by atoms with E-state index >= 15 is 0 Å². The first-order valence-electron chi connectivity index (χ1n) is 6.65. The number of hydrogen-bond donors (Lipinski definition) is 1. The second kappa shape index (κ2) is 5.38. The molecular formula is C14H21N5. The van der Waals surface area contributed by atoms with Crippen LogP contribution in [0.4, 0.5) is 5.82 Å². The standard InChI is InChI=1S/C14H21N5/c1-6-11-10(4)17-14(18-13(11)15-5)12-7-16-8-19(12)9(2)3/h7-9H,6H2,1-5H3,(H,15,17,18). The van der Waals surface area contributed by atoms with Gasteiger partial charge in [0.2, 0.25) is 0 Å². The predicted molar refractivity (Wildman–Crippen MR) is 77.3 cm³/mol. The van der Waals surface area contributed by atoms with E-state index in [-0.39, 0.29) is 0 Å². The summed E-state index contributed by atoms with van der Waals surface area (Å²) in [7, 11) is 1.89. The van der Waals surface area contributed by atoms with Crippen molar-refractivity contribution in [2.45, 2.75) is 40.2 Å². The molecule has 0 atom stereocenters. The number of hydrogen-bond acceptors (Lipinski definition) is 4. The van der Waals surface area contributed by atoms with Crippen LogP contribution in [0, 0.1) is 6.92 Å². The Morgan fingerprint density at radius 1 is 1.32 bits per heavy atom. The zero-order valence-electron chi connectivity index (χ0n) is 12.2. The Labute approximate surface area is 114 Å². The van der Waals surface area contributed by atoms with Crippen molar-refractivity contribution in [3.05, 3.63) is 23.8 Å². The van der Waals surface area contributed by atoms with Gasteiger partial charge in [-0.2, -0.15) is 0 Å². The van der Waals surface area contributed by atoms with Crippen molar-refractivity contribution in [2.75, 3.05) is 12.4 Å². The van der Waals surface area contributed by atoms with E-state index in [9.17, 15) is 0 Å². The Kier molecular flexibility index (Phi) is 3.83. The Morgan fingerprint density at radius 2 is 2.05 bits per heavy atom. The first-order chi connectivity index (χ1) is 9.08. The van der Waals surface area contributed by atoms with Crippen molar-refractivity contribution in [3.63, 3.8) is 0 Å². The highest BCUT2D eigenvalue weighted by Crippen LogP contribution is 2.24. The summed E-state index contributed by atoms with van der Waals surface area (Å²) in [4.78, 5) is 13.5. The number of aryl methyl sites for hydroxylation is 1. The fourth-order valence-corrected chi connectivity index (χ4v) is 2.23. The molecule has 0 aliphatic heterocycles. The lowest BCUT2D eigenvalue weighted by atomic mass is 10.1. The second-order valence-corrected chi connectivity index (χ2v) is 4.84. The molecule has 0 aliphatic rings. The SMILES string of the molecule is CCc1c(C)nc(-c2cncn2C(C)C)nc1NC. The van der Waals surface area contributed by atoms with E-state index in [1.54, 1.807) is 0 Å². The third-order valence-corrected chi connectivity index (χ3v) is 3.26. The quantitative estimate of drug-likeness (QED) is 0.917. The molecule has 2 aromatic heterocycles. The molecule has 0 saturated heterocycles. The summed E-state index contributed by atoms with van der Waals surface area (Å²) < 4.78 is 2.08. The largest absolute Gasteiger partial charge is 0.373 e. The summed E-state index contributed by atoms with van der Waals surface area (Å²) in [6.07, 6.45) is 4.57. The van der Waals surface area contributed by atoms with Crippen LogP contribution in [0.25, 0.3) is 11.5 Å². The molecule has 0 fully saturated rings. The van der Waals surface area contributed by atoms with E-state index in [1.165, 1.54) is 5.56 Å². The lowest BCUT2D eigenvalue weighted by molar-refractivity contribution is 0.603. The number of imidazole rings is 1. The van der Waals surface area contributed by atoms with E-state index in [1.807, 2.05) is 26.5 Å². The van der Waals surface area contributed by atoms with Crippen molar-refractivity contribution in [3.8, 4) is 11.5 Å². The molecule has 0 saturated carbocycles. The normalized spacial score (nSPS) is 11.1. The highest BCUT2D eigenvalue weighted by atomic mass is 15.1. The fraction of sp³-hybridized carbons (Fsp3) is 0.500. The lowest BCUT2D eigenvalue weighted by Crippen LogP contribution is -2.08. The molecule has 2 rings (SSSR count). The second-order valence-electron chi connectivity index (χ2n) is 4.84. The molecule has 0 spiro atoms. The van der Waals surface area contributed by atoms with E-state index in [0.29, 0.717) is 6.04 Å². The lowest BCUT2D eigenvalue weighted by Gasteiger charge is -2.14. The van der Waals surface area contributed by atoms with Crippen LogP contribution in [-0.2, 0) is 6.42 Å². The zero-order chi connectivity index (χ0) is 14.0. The molecule has 0 aliphatic carbocycles. The van der Waals surface area contributed by atoms with Crippen LogP contribution in [0.3, 0.4) is 0 Å². The third-order valence-electron chi connectivity index (χ3n) is 3.26. The molecule has 102 valence electrons. The van der Waals surface area contributed by atoms with Crippen molar-refractivity contribution in [1.29, 1.82) is 0 Å². The minimum atomic E-state index is 0.338. The van der Waals surface area contributed by atoms with Gasteiger partial charge < -0.3 is 9.88 Å². The fourth-order valence-electron chi connectivity index (χ4n) is 2.23. The summed E-state index contributed by atoms with van der Waals surface area (Å²) in [6.45, 7) is 8.39. The summed E-state index contributed by atoms with van der Waals surface area (Å²) in [5.41, 5.74) is 3.15. The summed E-state index contributed by atoms with van der Waals surface area (Å²) in [6, 6.07) is 0.338. The summed E-state index contributed by atoms with van der Waals surface area (Å²) >= 11 is 0. The molecule has 5 nitrogen and oxygen atoms in total. The number of aromatic nitrogens is 4. The molecule has 0 radical (unpaired) electrons. The highest BCUT2D eigenvalue weighted by Gasteiger charge is 2.14. The maximum absolute atomic E-state index is 4.63. The van der Waals surface area contributed by atoms with Crippen LogP contribution in [0.1, 0.15) is 38.1 Å². The molecule has 19 heavy (non-hydrogen) atoms. The van der Waals surface area contributed by atoms with Crippen LogP contribution >= 0.6 is 0 Å². The molecule has 1 N–H and O–H groups in total. The van der Waals surface area contributed by atoms with Crippen LogP contribution in [0.2, 0.25) is 0 Å². The van der Waals surface area contributed by atoms with Crippen LogP contribution in [0.5, 0.6) is 0 Å². The van der Waals surface area contributed by atoms with Gasteiger partial charge in [-0.3, -0.25) is 0 Å². The number of nitrogens with one attached hydrogen (secondary N) is 1. The molecular weight excluding hydrogens is 238 g/mol. The topological polar surface area (TPSA) is 55.6 Å². The van der Waals surface area contributed by atoms with Crippen molar-refractivity contribution < 1.29 is 0 Å². The molecule has 0 unspecified atom stereocenters. The average molecular weight is 259 g/mol. The van der Waals surface area contributed by atoms with Crippen molar-refractivity contribution in [1.82, 2.24) is 19.5 Å². The molecule has 2 aromatic rings. The molecule has 0 aromatic carbocycles. The van der Waals surface area contributed by atoms with E-state index in [0.717, 1.165) is 29.5 Å². The van der Waals surface area contributed by atoms with Gasteiger partial charge in [-0.15, -0.1) is 0 Å². The number of anilines is 1. The molecule has 0 amide bonds. The van der Waals surface area contributed by atoms with Gasteiger partial charge in [-0.25, -0.2) is 15.0 Å². The predicted octanol–water partition coefficient (Wildman–Crippen LogP) is 2.83. The minimum Gasteiger partial charge on any atom is -0.373 e. The number of nitrogens with zero attached hydrogens (tertiary/aromatic N) is 4. The molecule has 5 heteroatoms. The summed E-state index contributed by atoms with van der Waals surface area (Å²) in [5, 5.41) is 3.16. The first kappa shape index (κ1) is 13.5. The smallest absolute Gasteiger partial charge is 0.180 e. The highest BCUT2D eigenvalue weighted by molar-refractivity contribution is 5.56. The third kappa shape index (κ3) is 2.45. The van der Waals surface area contributed by atoms with Gasteiger partial charge in [0.15, 0.2) is 5.82 Å². The zero-order valence-corrected chi connectivity index (χ0v) is 12.2. The van der Waals surface area contributed by atoms with Crippen LogP contribution < -0.4 is 5.32 Å². The van der Waals surface area contributed by atoms with Gasteiger partial charge >= 0.3 is 0 Å². The average Bonchev–Trinajstić information content (AvgIpc) is 2.87. The van der Waals surface area contributed by atoms with Crippen molar-refractivity contribution in [2.24, 2.45) is 0 Å². The summed E-state index contributed by atoms with van der Waals surface area (Å²) in [5.74, 6) is 1.63. The van der Waals surface area contributed by atoms with E-state index < -0.39 is 0 Å². The van der Waals surface area contributed by atoms with Gasteiger partial charge in [0, 0.05) is 24.3 Å². The molecule has 0 bridgehead atoms.